The molecule has 0 bridgehead atoms. The summed E-state index contributed by atoms with van der Waals surface area (Å²) in [6.07, 6.45) is 1.87. The van der Waals surface area contributed by atoms with Crippen molar-refractivity contribution in [1.29, 1.82) is 0 Å². The second-order valence-electron chi connectivity index (χ2n) is 5.12. The van der Waals surface area contributed by atoms with Gasteiger partial charge in [0.1, 0.15) is 0 Å². The summed E-state index contributed by atoms with van der Waals surface area (Å²) < 4.78 is 27.5. The Bertz CT molecular complexity index is 894. The first kappa shape index (κ1) is 13.7. The monoisotopic (exact) mass is 300 g/mol. The topological polar surface area (TPSA) is 62.0 Å². The van der Waals surface area contributed by atoms with Crippen molar-refractivity contribution in [2.24, 2.45) is 0 Å². The highest BCUT2D eigenvalue weighted by atomic mass is 32.2. The van der Waals surface area contributed by atoms with E-state index in [-0.39, 0.29) is 4.90 Å². The molecule has 0 saturated heterocycles. The van der Waals surface area contributed by atoms with E-state index in [9.17, 15) is 8.42 Å². The summed E-state index contributed by atoms with van der Waals surface area (Å²) in [7, 11) is -3.58. The summed E-state index contributed by atoms with van der Waals surface area (Å²) in [5.74, 6) is 0. The Morgan fingerprint density at radius 2 is 1.71 bits per heavy atom. The number of hydrogen-bond donors (Lipinski definition) is 2. The van der Waals surface area contributed by atoms with Gasteiger partial charge in [0.05, 0.1) is 16.1 Å². The number of rotatable bonds is 3. The number of aromatic nitrogens is 1. The molecule has 3 aromatic rings. The first-order chi connectivity index (χ1) is 9.97. The van der Waals surface area contributed by atoms with E-state index in [2.05, 4.69) is 9.71 Å². The summed E-state index contributed by atoms with van der Waals surface area (Å²) in [6.45, 7) is 3.91. The summed E-state index contributed by atoms with van der Waals surface area (Å²) >= 11 is 0. The average molecular weight is 300 g/mol. The Balaban J connectivity index is 2.03. The largest absolute Gasteiger partial charge is 0.359 e. The number of anilines is 1. The quantitative estimate of drug-likeness (QED) is 0.776. The molecule has 21 heavy (non-hydrogen) atoms. The van der Waals surface area contributed by atoms with Crippen LogP contribution in [0.3, 0.4) is 0 Å². The molecule has 0 spiro atoms. The highest BCUT2D eigenvalue weighted by Crippen LogP contribution is 2.26. The van der Waals surface area contributed by atoms with Gasteiger partial charge in [-0.3, -0.25) is 4.72 Å². The van der Waals surface area contributed by atoms with E-state index in [1.54, 1.807) is 30.3 Å². The van der Waals surface area contributed by atoms with E-state index in [4.69, 9.17) is 0 Å². The fraction of sp³-hybridized carbons (Fsp3) is 0.125. The zero-order chi connectivity index (χ0) is 15.0. The highest BCUT2D eigenvalue weighted by molar-refractivity contribution is 7.92. The SMILES string of the molecule is Cc1ccc(S(=O)(=O)Nc2cccc3c(C)c[nH]c23)cc1. The van der Waals surface area contributed by atoms with Crippen molar-refractivity contribution < 1.29 is 8.42 Å². The predicted octanol–water partition coefficient (Wildman–Crippen LogP) is 3.59. The molecule has 0 aliphatic rings. The number of benzene rings is 2. The lowest BCUT2D eigenvalue weighted by molar-refractivity contribution is 0.601. The number of hydrogen-bond acceptors (Lipinski definition) is 2. The molecular formula is C16H16N2O2S. The van der Waals surface area contributed by atoms with Gasteiger partial charge in [0.15, 0.2) is 0 Å². The van der Waals surface area contributed by atoms with Crippen LogP contribution < -0.4 is 4.72 Å². The minimum atomic E-state index is -3.58. The van der Waals surface area contributed by atoms with Gasteiger partial charge in [-0.2, -0.15) is 0 Å². The first-order valence-electron chi connectivity index (χ1n) is 6.63. The van der Waals surface area contributed by atoms with Crippen molar-refractivity contribution in [2.75, 3.05) is 4.72 Å². The van der Waals surface area contributed by atoms with Crippen molar-refractivity contribution in [1.82, 2.24) is 4.98 Å². The van der Waals surface area contributed by atoms with Crippen molar-refractivity contribution in [3.63, 3.8) is 0 Å². The van der Waals surface area contributed by atoms with Crippen LogP contribution in [0.2, 0.25) is 0 Å². The third-order valence-corrected chi connectivity index (χ3v) is 4.88. The summed E-state index contributed by atoms with van der Waals surface area (Å²) in [6, 6.07) is 12.3. The minimum Gasteiger partial charge on any atom is -0.359 e. The maximum Gasteiger partial charge on any atom is 0.261 e. The van der Waals surface area contributed by atoms with Gasteiger partial charge in [0, 0.05) is 11.6 Å². The summed E-state index contributed by atoms with van der Waals surface area (Å²) in [5, 5.41) is 1.01. The first-order valence-corrected chi connectivity index (χ1v) is 8.12. The molecule has 0 aliphatic carbocycles. The Hall–Kier alpha value is -2.27. The van der Waals surface area contributed by atoms with Crippen LogP contribution in [-0.4, -0.2) is 13.4 Å². The molecule has 0 unspecified atom stereocenters. The molecular weight excluding hydrogens is 284 g/mol. The van der Waals surface area contributed by atoms with E-state index in [1.807, 2.05) is 32.2 Å². The third kappa shape index (κ3) is 2.52. The lowest BCUT2D eigenvalue weighted by atomic mass is 10.2. The lowest BCUT2D eigenvalue weighted by Gasteiger charge is -2.09. The van der Waals surface area contributed by atoms with Gasteiger partial charge >= 0.3 is 0 Å². The van der Waals surface area contributed by atoms with Crippen LogP contribution in [0.1, 0.15) is 11.1 Å². The van der Waals surface area contributed by atoms with Crippen LogP contribution >= 0.6 is 0 Å². The molecule has 2 N–H and O–H groups in total. The molecule has 2 aromatic carbocycles. The molecule has 4 nitrogen and oxygen atoms in total. The number of aryl methyl sites for hydroxylation is 2. The molecule has 108 valence electrons. The Morgan fingerprint density at radius 1 is 1.00 bits per heavy atom. The molecule has 1 heterocycles. The van der Waals surface area contributed by atoms with Crippen LogP contribution in [0.5, 0.6) is 0 Å². The zero-order valence-electron chi connectivity index (χ0n) is 11.8. The highest BCUT2D eigenvalue weighted by Gasteiger charge is 2.16. The number of H-pyrrole nitrogens is 1. The third-order valence-electron chi connectivity index (χ3n) is 3.50. The second kappa shape index (κ2) is 4.93. The number of para-hydroxylation sites is 1. The lowest BCUT2D eigenvalue weighted by Crippen LogP contribution is -2.13. The van der Waals surface area contributed by atoms with Crippen LogP contribution in [0.25, 0.3) is 10.9 Å². The van der Waals surface area contributed by atoms with Gasteiger partial charge < -0.3 is 4.98 Å². The van der Waals surface area contributed by atoms with Crippen LogP contribution in [0, 0.1) is 13.8 Å². The van der Waals surface area contributed by atoms with Gasteiger partial charge in [-0.15, -0.1) is 0 Å². The van der Waals surface area contributed by atoms with Crippen molar-refractivity contribution in [2.45, 2.75) is 18.7 Å². The molecule has 1 aromatic heterocycles. The van der Waals surface area contributed by atoms with Gasteiger partial charge in [-0.1, -0.05) is 29.8 Å². The molecule has 0 fully saturated rings. The van der Waals surface area contributed by atoms with Crippen molar-refractivity contribution in [3.8, 4) is 0 Å². The minimum absolute atomic E-state index is 0.258. The van der Waals surface area contributed by atoms with Gasteiger partial charge in [-0.25, -0.2) is 8.42 Å². The van der Waals surface area contributed by atoms with E-state index in [1.165, 1.54) is 0 Å². The van der Waals surface area contributed by atoms with Gasteiger partial charge in [-0.05, 0) is 37.6 Å². The Labute approximate surface area is 123 Å². The number of aromatic amines is 1. The van der Waals surface area contributed by atoms with Crippen molar-refractivity contribution >= 4 is 26.6 Å². The molecule has 0 atom stereocenters. The summed E-state index contributed by atoms with van der Waals surface area (Å²) in [4.78, 5) is 3.37. The molecule has 0 amide bonds. The molecule has 5 heteroatoms. The fourth-order valence-electron chi connectivity index (χ4n) is 2.30. The molecule has 0 radical (unpaired) electrons. The zero-order valence-corrected chi connectivity index (χ0v) is 12.7. The van der Waals surface area contributed by atoms with E-state index in [0.29, 0.717) is 5.69 Å². The predicted molar refractivity (Wildman–Crippen MR) is 85.0 cm³/mol. The number of sulfonamides is 1. The second-order valence-corrected chi connectivity index (χ2v) is 6.80. The maximum absolute atomic E-state index is 12.4. The molecule has 0 aliphatic heterocycles. The van der Waals surface area contributed by atoms with Crippen LogP contribution in [-0.2, 0) is 10.0 Å². The molecule has 0 saturated carbocycles. The smallest absolute Gasteiger partial charge is 0.261 e. The Kier molecular flexibility index (Phi) is 3.22. The standard InChI is InChI=1S/C16H16N2O2S/c1-11-6-8-13(9-7-11)21(19,20)18-15-5-3-4-14-12(2)10-17-16(14)15/h3-10,17-18H,1-2H3. The van der Waals surface area contributed by atoms with Crippen molar-refractivity contribution in [3.05, 3.63) is 59.8 Å². The number of fused-ring (bicyclic) bond motifs is 1. The van der Waals surface area contributed by atoms with E-state index < -0.39 is 10.0 Å². The van der Waals surface area contributed by atoms with E-state index >= 15 is 0 Å². The van der Waals surface area contributed by atoms with E-state index in [0.717, 1.165) is 22.0 Å². The van der Waals surface area contributed by atoms with Gasteiger partial charge in [0.2, 0.25) is 0 Å². The maximum atomic E-state index is 12.4. The molecule has 3 rings (SSSR count). The average Bonchev–Trinajstić information content (AvgIpc) is 2.82. The summed E-state index contributed by atoms with van der Waals surface area (Å²) in [5.41, 5.74) is 3.46. The van der Waals surface area contributed by atoms with Gasteiger partial charge in [0.25, 0.3) is 10.0 Å². The van der Waals surface area contributed by atoms with Crippen LogP contribution in [0.15, 0.2) is 53.6 Å². The van der Waals surface area contributed by atoms with Crippen LogP contribution in [0.4, 0.5) is 5.69 Å². The number of nitrogens with one attached hydrogen (secondary N) is 2. The Morgan fingerprint density at radius 3 is 2.43 bits per heavy atom. The normalized spacial score (nSPS) is 11.7. The fourth-order valence-corrected chi connectivity index (χ4v) is 3.37.